The second-order valence-corrected chi connectivity index (χ2v) is 5.12. The second kappa shape index (κ2) is 6.21. The highest BCUT2D eigenvalue weighted by Gasteiger charge is 2.26. The number of rotatable bonds is 3. The molecule has 1 aliphatic rings. The fourth-order valence-electron chi connectivity index (χ4n) is 2.26. The topological polar surface area (TPSA) is 74.2 Å². The third-order valence-electron chi connectivity index (χ3n) is 3.36. The molecule has 3 N–H and O–H groups in total. The van der Waals surface area contributed by atoms with Crippen LogP contribution in [0.15, 0.2) is 12.1 Å². The number of pyridine rings is 1. The number of nitrogens with zero attached hydrogens (tertiary/aromatic N) is 1. The van der Waals surface area contributed by atoms with E-state index in [0.29, 0.717) is 10.8 Å². The Hall–Kier alpha value is -1.33. The smallest absolute Gasteiger partial charge is 0.271 e. The summed E-state index contributed by atoms with van der Waals surface area (Å²) < 4.78 is 0. The largest absolute Gasteiger partial charge is 0.391 e. The molecule has 1 saturated carbocycles. The molecular weight excluding hydrogens is 266 g/mol. The second-order valence-electron chi connectivity index (χ2n) is 4.71. The number of anilines is 1. The zero-order chi connectivity index (χ0) is 13.8. The number of amides is 1. The Morgan fingerprint density at radius 3 is 2.84 bits per heavy atom. The normalized spacial score (nSPS) is 22.9. The van der Waals surface area contributed by atoms with Crippen molar-refractivity contribution in [2.75, 3.05) is 12.4 Å². The van der Waals surface area contributed by atoms with Crippen molar-refractivity contribution in [3.63, 3.8) is 0 Å². The monoisotopic (exact) mass is 283 g/mol. The van der Waals surface area contributed by atoms with Gasteiger partial charge in [-0.15, -0.1) is 0 Å². The molecule has 1 aromatic rings. The summed E-state index contributed by atoms with van der Waals surface area (Å²) in [5.41, 5.74) is 0.186. The van der Waals surface area contributed by atoms with Gasteiger partial charge in [0.1, 0.15) is 11.5 Å². The van der Waals surface area contributed by atoms with E-state index in [1.54, 1.807) is 19.2 Å². The van der Waals surface area contributed by atoms with Crippen molar-refractivity contribution in [3.05, 3.63) is 22.8 Å². The molecule has 1 fully saturated rings. The fraction of sp³-hybridized carbons (Fsp3) is 0.538. The van der Waals surface area contributed by atoms with Gasteiger partial charge in [-0.1, -0.05) is 24.4 Å². The molecule has 0 spiro atoms. The quantitative estimate of drug-likeness (QED) is 0.791. The van der Waals surface area contributed by atoms with Gasteiger partial charge in [0.25, 0.3) is 5.91 Å². The van der Waals surface area contributed by atoms with Gasteiger partial charge in [-0.05, 0) is 25.0 Å². The van der Waals surface area contributed by atoms with Gasteiger partial charge in [0.15, 0.2) is 0 Å². The first-order valence-electron chi connectivity index (χ1n) is 6.45. The number of halogens is 1. The molecule has 1 amide bonds. The number of hydrogen-bond donors (Lipinski definition) is 3. The number of hydrogen-bond acceptors (Lipinski definition) is 4. The molecule has 1 heterocycles. The standard InChI is InChI=1S/C13H18ClN3O2/c1-15-11-7-6-8(14)12(17-11)13(19)16-9-4-2-3-5-10(9)18/h6-7,9-10,18H,2-5H2,1H3,(H,15,17)(H,16,19). The van der Waals surface area contributed by atoms with E-state index in [9.17, 15) is 9.90 Å². The van der Waals surface area contributed by atoms with Gasteiger partial charge in [-0.25, -0.2) is 4.98 Å². The third-order valence-corrected chi connectivity index (χ3v) is 3.67. The molecule has 1 aliphatic carbocycles. The molecule has 0 aliphatic heterocycles. The Bertz CT molecular complexity index is 467. The van der Waals surface area contributed by atoms with Crippen molar-refractivity contribution in [2.24, 2.45) is 0 Å². The van der Waals surface area contributed by atoms with Crippen molar-refractivity contribution < 1.29 is 9.90 Å². The first-order chi connectivity index (χ1) is 9.11. The average molecular weight is 284 g/mol. The van der Waals surface area contributed by atoms with Crippen LogP contribution in [0.5, 0.6) is 0 Å². The van der Waals surface area contributed by atoms with E-state index in [2.05, 4.69) is 15.6 Å². The predicted molar refractivity (Wildman–Crippen MR) is 74.5 cm³/mol. The summed E-state index contributed by atoms with van der Waals surface area (Å²) in [4.78, 5) is 16.3. The molecule has 2 atom stereocenters. The Labute approximate surface area is 117 Å². The van der Waals surface area contributed by atoms with Gasteiger partial charge >= 0.3 is 0 Å². The number of nitrogens with one attached hydrogen (secondary N) is 2. The van der Waals surface area contributed by atoms with Crippen LogP contribution < -0.4 is 10.6 Å². The molecule has 2 rings (SSSR count). The van der Waals surface area contributed by atoms with Crippen LogP contribution in [0.3, 0.4) is 0 Å². The average Bonchev–Trinajstić information content (AvgIpc) is 2.42. The van der Waals surface area contributed by atoms with Crippen LogP contribution >= 0.6 is 11.6 Å². The summed E-state index contributed by atoms with van der Waals surface area (Å²) >= 11 is 5.99. The van der Waals surface area contributed by atoms with Gasteiger partial charge in [0.2, 0.25) is 0 Å². The van der Waals surface area contributed by atoms with Crippen molar-refractivity contribution in [1.29, 1.82) is 0 Å². The van der Waals surface area contributed by atoms with Gasteiger partial charge in [-0.3, -0.25) is 4.79 Å². The first kappa shape index (κ1) is 14.1. The minimum atomic E-state index is -0.482. The Morgan fingerprint density at radius 1 is 1.42 bits per heavy atom. The highest BCUT2D eigenvalue weighted by Crippen LogP contribution is 2.20. The lowest BCUT2D eigenvalue weighted by Gasteiger charge is -2.28. The van der Waals surface area contributed by atoms with Crippen molar-refractivity contribution in [2.45, 2.75) is 37.8 Å². The Kier molecular flexibility index (Phi) is 4.61. The summed E-state index contributed by atoms with van der Waals surface area (Å²) in [5, 5.41) is 15.8. The van der Waals surface area contributed by atoms with E-state index in [4.69, 9.17) is 11.6 Å². The predicted octanol–water partition coefficient (Wildman–Crippen LogP) is 1.81. The van der Waals surface area contributed by atoms with Gasteiger partial charge in [-0.2, -0.15) is 0 Å². The SMILES string of the molecule is CNc1ccc(Cl)c(C(=O)NC2CCCCC2O)n1. The molecule has 5 nitrogen and oxygen atoms in total. The van der Waals surface area contributed by atoms with E-state index in [-0.39, 0.29) is 17.6 Å². The summed E-state index contributed by atoms with van der Waals surface area (Å²) in [6, 6.07) is 3.12. The minimum absolute atomic E-state index is 0.186. The summed E-state index contributed by atoms with van der Waals surface area (Å²) in [6.07, 6.45) is 3.05. The molecule has 104 valence electrons. The van der Waals surface area contributed by atoms with Gasteiger partial charge < -0.3 is 15.7 Å². The van der Waals surface area contributed by atoms with Crippen LogP contribution in [0.4, 0.5) is 5.82 Å². The molecular formula is C13H18ClN3O2. The molecule has 0 aromatic carbocycles. The molecule has 6 heteroatoms. The zero-order valence-electron chi connectivity index (χ0n) is 10.8. The number of aromatic nitrogens is 1. The number of carbonyl (C=O) groups excluding carboxylic acids is 1. The maximum Gasteiger partial charge on any atom is 0.271 e. The number of aliphatic hydroxyl groups excluding tert-OH is 1. The highest BCUT2D eigenvalue weighted by molar-refractivity contribution is 6.33. The summed E-state index contributed by atoms with van der Waals surface area (Å²) in [7, 11) is 1.73. The van der Waals surface area contributed by atoms with E-state index < -0.39 is 6.10 Å². The maximum absolute atomic E-state index is 12.2. The number of aliphatic hydroxyl groups is 1. The van der Waals surface area contributed by atoms with Crippen molar-refractivity contribution in [3.8, 4) is 0 Å². The molecule has 0 radical (unpaired) electrons. The van der Waals surface area contributed by atoms with E-state index in [1.165, 1.54) is 0 Å². The van der Waals surface area contributed by atoms with Crippen LogP contribution in [0.1, 0.15) is 36.2 Å². The zero-order valence-corrected chi connectivity index (χ0v) is 11.6. The maximum atomic E-state index is 12.2. The van der Waals surface area contributed by atoms with Gasteiger partial charge in [0.05, 0.1) is 17.2 Å². The minimum Gasteiger partial charge on any atom is -0.391 e. The lowest BCUT2D eigenvalue weighted by Crippen LogP contribution is -2.45. The molecule has 1 aromatic heterocycles. The van der Waals surface area contributed by atoms with Crippen molar-refractivity contribution in [1.82, 2.24) is 10.3 Å². The van der Waals surface area contributed by atoms with Crippen LogP contribution in [0, 0.1) is 0 Å². The van der Waals surface area contributed by atoms with Crippen LogP contribution in [0.25, 0.3) is 0 Å². The summed E-state index contributed by atoms with van der Waals surface area (Å²) in [5.74, 6) is 0.242. The lowest BCUT2D eigenvalue weighted by molar-refractivity contribution is 0.0714. The third kappa shape index (κ3) is 3.36. The Balaban J connectivity index is 2.10. The van der Waals surface area contributed by atoms with E-state index >= 15 is 0 Å². The summed E-state index contributed by atoms with van der Waals surface area (Å²) in [6.45, 7) is 0. The number of carbonyl (C=O) groups is 1. The first-order valence-corrected chi connectivity index (χ1v) is 6.83. The van der Waals surface area contributed by atoms with Crippen LogP contribution in [-0.4, -0.2) is 35.2 Å². The fourth-order valence-corrected chi connectivity index (χ4v) is 2.45. The van der Waals surface area contributed by atoms with E-state index in [0.717, 1.165) is 25.7 Å². The Morgan fingerprint density at radius 2 is 2.16 bits per heavy atom. The molecule has 19 heavy (non-hydrogen) atoms. The highest BCUT2D eigenvalue weighted by atomic mass is 35.5. The molecule has 2 unspecified atom stereocenters. The van der Waals surface area contributed by atoms with E-state index in [1.807, 2.05) is 0 Å². The molecule has 0 bridgehead atoms. The van der Waals surface area contributed by atoms with Crippen LogP contribution in [-0.2, 0) is 0 Å². The van der Waals surface area contributed by atoms with Gasteiger partial charge in [0, 0.05) is 7.05 Å². The lowest BCUT2D eigenvalue weighted by atomic mass is 9.92. The molecule has 0 saturated heterocycles. The van der Waals surface area contributed by atoms with Crippen LogP contribution in [0.2, 0.25) is 5.02 Å². The van der Waals surface area contributed by atoms with Crippen molar-refractivity contribution >= 4 is 23.3 Å².